The maximum absolute atomic E-state index is 11.9. The number of hydrogen-bond acceptors (Lipinski definition) is 1. The maximum Gasteiger partial charge on any atom is 0.188 e. The summed E-state index contributed by atoms with van der Waals surface area (Å²) in [6.45, 7) is 1.13. The first kappa shape index (κ1) is 7.25. The van der Waals surface area contributed by atoms with Gasteiger partial charge in [0, 0.05) is 5.57 Å². The Labute approximate surface area is 59.1 Å². The Kier molecular flexibility index (Phi) is 2.04. The Hall–Kier alpha value is -0.860. The summed E-state index contributed by atoms with van der Waals surface area (Å²) < 4.78 is 11.9. The molecule has 0 N–H and O–H groups in total. The van der Waals surface area contributed by atoms with Gasteiger partial charge < -0.3 is 0 Å². The second kappa shape index (κ2) is 2.82. The van der Waals surface area contributed by atoms with Crippen LogP contribution in [-0.2, 0) is 4.79 Å². The van der Waals surface area contributed by atoms with Gasteiger partial charge in [-0.15, -0.1) is 0 Å². The highest BCUT2D eigenvalue weighted by Crippen LogP contribution is 2.11. The zero-order chi connectivity index (χ0) is 7.56. The van der Waals surface area contributed by atoms with Crippen molar-refractivity contribution in [3.63, 3.8) is 0 Å². The highest BCUT2D eigenvalue weighted by Gasteiger charge is 2.27. The molecule has 0 aliphatic carbocycles. The average molecular weight is 141 g/mol. The van der Waals surface area contributed by atoms with E-state index in [9.17, 15) is 9.18 Å². The third kappa shape index (κ3) is 1.03. The largest absolute Gasteiger partial charge is 0.292 e. The monoisotopic (exact) mass is 141 g/mol. The van der Waals surface area contributed by atoms with Gasteiger partial charge in [-0.1, -0.05) is 6.92 Å². The van der Waals surface area contributed by atoms with Crippen LogP contribution in [0.3, 0.4) is 0 Å². The Balaban J connectivity index is 2.60. The molecule has 0 saturated heterocycles. The van der Waals surface area contributed by atoms with Gasteiger partial charge >= 0.3 is 0 Å². The second-order valence-electron chi connectivity index (χ2n) is 2.11. The summed E-state index contributed by atoms with van der Waals surface area (Å²) in [5, 5.41) is 3.58. The van der Waals surface area contributed by atoms with E-state index in [2.05, 4.69) is 11.5 Å². The summed E-state index contributed by atoms with van der Waals surface area (Å²) in [4.78, 5) is 10.9. The van der Waals surface area contributed by atoms with Crippen LogP contribution in [0.5, 0.6) is 0 Å². The van der Waals surface area contributed by atoms with E-state index in [1.165, 1.54) is 0 Å². The summed E-state index contributed by atoms with van der Waals surface area (Å²) >= 11 is 0. The molecule has 1 aliphatic heterocycles. The van der Waals surface area contributed by atoms with Crippen molar-refractivity contribution in [2.24, 2.45) is 0 Å². The zero-order valence-corrected chi connectivity index (χ0v) is 5.72. The number of halogens is 1. The average Bonchev–Trinajstić information content (AvgIpc) is 2.30. The lowest BCUT2D eigenvalue weighted by Gasteiger charge is -1.99. The quantitative estimate of drug-likeness (QED) is 0.554. The summed E-state index contributed by atoms with van der Waals surface area (Å²) in [5.41, 5.74) is 0.516. The predicted octanol–water partition coefficient (Wildman–Crippen LogP) is 0.609. The third-order valence-corrected chi connectivity index (χ3v) is 1.46. The van der Waals surface area contributed by atoms with Gasteiger partial charge in [0.15, 0.2) is 5.78 Å². The smallest absolute Gasteiger partial charge is 0.188 e. The molecular weight excluding hydrogens is 133 g/mol. The fourth-order valence-corrected chi connectivity index (χ4v) is 0.829. The van der Waals surface area contributed by atoms with Gasteiger partial charge in [-0.3, -0.25) is 10.1 Å². The molecule has 3 heteroatoms. The number of rotatable bonds is 2. The molecular formula is C7H8FNO. The summed E-state index contributed by atoms with van der Waals surface area (Å²) in [5.74, 6) is -0.204. The number of Topliss-reactive ketones (excluding diaryl/α,β-unsaturated/α-hetero) is 1. The highest BCUT2D eigenvalue weighted by atomic mass is 19.1. The zero-order valence-electron chi connectivity index (χ0n) is 5.72. The van der Waals surface area contributed by atoms with Crippen LogP contribution in [0.15, 0.2) is 5.57 Å². The third-order valence-electron chi connectivity index (χ3n) is 1.46. The van der Waals surface area contributed by atoms with Gasteiger partial charge in [0.05, 0.1) is 6.20 Å². The van der Waals surface area contributed by atoms with Gasteiger partial charge in [0.2, 0.25) is 0 Å². The van der Waals surface area contributed by atoms with E-state index in [1.54, 1.807) is 0 Å². The molecule has 0 amide bonds. The van der Waals surface area contributed by atoms with Crippen molar-refractivity contribution >= 4 is 5.78 Å². The van der Waals surface area contributed by atoms with Crippen LogP contribution in [0.1, 0.15) is 13.3 Å². The highest BCUT2D eigenvalue weighted by molar-refractivity contribution is 6.00. The van der Waals surface area contributed by atoms with E-state index in [-0.39, 0.29) is 5.78 Å². The van der Waals surface area contributed by atoms with Crippen molar-refractivity contribution in [2.75, 3.05) is 6.67 Å². The fraction of sp³-hybridized carbons (Fsp3) is 0.571. The number of alkyl halides is 1. The van der Waals surface area contributed by atoms with Crippen LogP contribution in [0.25, 0.3) is 0 Å². The Morgan fingerprint density at radius 2 is 2.50 bits per heavy atom. The van der Waals surface area contributed by atoms with Crippen LogP contribution in [0, 0.1) is 6.20 Å². The molecule has 2 nitrogen and oxygen atoms in total. The van der Waals surface area contributed by atoms with E-state index in [0.717, 1.165) is 0 Å². The van der Waals surface area contributed by atoms with E-state index in [4.69, 9.17) is 0 Å². The summed E-state index contributed by atoms with van der Waals surface area (Å²) in [7, 11) is 0. The first-order valence-corrected chi connectivity index (χ1v) is 3.21. The topological polar surface area (TPSA) is 31.2 Å². The lowest BCUT2D eigenvalue weighted by Crippen LogP contribution is -2.25. The molecule has 0 aromatic heterocycles. The van der Waals surface area contributed by atoms with E-state index < -0.39 is 12.7 Å². The van der Waals surface area contributed by atoms with Gasteiger partial charge in [-0.05, 0) is 6.42 Å². The minimum Gasteiger partial charge on any atom is -0.292 e. The molecule has 0 aromatic rings. The molecule has 0 bridgehead atoms. The van der Waals surface area contributed by atoms with Crippen molar-refractivity contribution in [3.8, 4) is 0 Å². The number of carbonyl (C=O) groups excluding carboxylic acids is 1. The summed E-state index contributed by atoms with van der Waals surface area (Å²) in [6, 6.07) is -0.782. The van der Waals surface area contributed by atoms with Crippen LogP contribution >= 0.6 is 0 Å². The van der Waals surface area contributed by atoms with E-state index in [0.29, 0.717) is 12.0 Å². The van der Waals surface area contributed by atoms with Crippen molar-refractivity contribution in [1.82, 2.24) is 5.32 Å². The molecule has 1 unspecified atom stereocenters. The van der Waals surface area contributed by atoms with Crippen molar-refractivity contribution in [2.45, 2.75) is 19.4 Å². The van der Waals surface area contributed by atoms with E-state index in [1.807, 2.05) is 6.92 Å². The number of hydrogen-bond donors (Lipinski definition) is 0. The lowest BCUT2D eigenvalue weighted by molar-refractivity contribution is -0.116. The molecule has 0 saturated carbocycles. The Morgan fingerprint density at radius 3 is 2.80 bits per heavy atom. The van der Waals surface area contributed by atoms with Crippen molar-refractivity contribution in [3.05, 3.63) is 11.8 Å². The van der Waals surface area contributed by atoms with Crippen LogP contribution in [0.2, 0.25) is 0 Å². The van der Waals surface area contributed by atoms with Gasteiger partial charge in [-0.25, -0.2) is 4.39 Å². The second-order valence-corrected chi connectivity index (χ2v) is 2.11. The van der Waals surface area contributed by atoms with Crippen molar-refractivity contribution in [1.29, 1.82) is 0 Å². The molecule has 1 aliphatic rings. The Morgan fingerprint density at radius 1 is 1.80 bits per heavy atom. The van der Waals surface area contributed by atoms with Crippen LogP contribution < -0.4 is 5.32 Å². The number of carbonyl (C=O) groups is 1. The first-order chi connectivity index (χ1) is 4.79. The predicted molar refractivity (Wildman–Crippen MR) is 34.0 cm³/mol. The SMILES string of the molecule is CCC1=[C][N]C(CF)C1=O. The minimum absolute atomic E-state index is 0.204. The molecule has 0 spiro atoms. The minimum atomic E-state index is -0.782. The molecule has 0 aromatic carbocycles. The molecule has 54 valence electrons. The molecule has 0 fully saturated rings. The number of nitrogens with zero attached hydrogens (tertiary/aromatic N) is 1. The Bertz CT molecular complexity index is 176. The molecule has 2 radical (unpaired) electrons. The molecule has 1 atom stereocenters. The number of ketones is 1. The first-order valence-electron chi connectivity index (χ1n) is 3.21. The van der Waals surface area contributed by atoms with Gasteiger partial charge in [-0.2, -0.15) is 0 Å². The van der Waals surface area contributed by atoms with Gasteiger partial charge in [0.1, 0.15) is 12.7 Å². The molecule has 10 heavy (non-hydrogen) atoms. The summed E-state index contributed by atoms with van der Waals surface area (Å²) in [6.07, 6.45) is 3.11. The normalized spacial score (nSPS) is 24.4. The maximum atomic E-state index is 11.9. The van der Waals surface area contributed by atoms with Crippen molar-refractivity contribution < 1.29 is 9.18 Å². The molecule has 1 rings (SSSR count). The fourth-order valence-electron chi connectivity index (χ4n) is 0.829. The molecule has 1 heterocycles. The standard InChI is InChI=1S/C7H8FNO/c1-2-5-4-9-6(3-8)7(5)10/h6H,2-3H2,1H3. The van der Waals surface area contributed by atoms with Crippen LogP contribution in [-0.4, -0.2) is 18.5 Å². The van der Waals surface area contributed by atoms with Crippen LogP contribution in [0.4, 0.5) is 4.39 Å². The lowest BCUT2D eigenvalue weighted by atomic mass is 10.1. The van der Waals surface area contributed by atoms with Gasteiger partial charge in [0.25, 0.3) is 0 Å². The van der Waals surface area contributed by atoms with E-state index >= 15 is 0 Å².